The highest BCUT2D eigenvalue weighted by molar-refractivity contribution is 7.15. The van der Waals surface area contributed by atoms with E-state index in [9.17, 15) is 5.11 Å². The van der Waals surface area contributed by atoms with Crippen LogP contribution in [0.2, 0.25) is 5.02 Å². The van der Waals surface area contributed by atoms with Gasteiger partial charge in [-0.25, -0.2) is 0 Å². The van der Waals surface area contributed by atoms with E-state index < -0.39 is 6.23 Å². The van der Waals surface area contributed by atoms with Crippen molar-refractivity contribution in [3.8, 4) is 5.00 Å². The molecule has 6 nitrogen and oxygen atoms in total. The second-order valence-electron chi connectivity index (χ2n) is 11.2. The Balaban J connectivity index is 1.15. The predicted octanol–water partition coefficient (Wildman–Crippen LogP) is 5.31. The SMILES string of the molecule is Cc1nnc2n1-c1sc3c(c1C(c1ccccc1Cl)=NC21CC1)C[C@H](C(O)N[C@H]1C[C@@H]1c1ccccc1)C3. The van der Waals surface area contributed by atoms with E-state index >= 15 is 0 Å². The lowest BCUT2D eigenvalue weighted by Gasteiger charge is -2.20. The second-order valence-corrected chi connectivity index (χ2v) is 12.7. The average molecular weight is 542 g/mol. The van der Waals surface area contributed by atoms with Gasteiger partial charge < -0.3 is 5.11 Å². The molecule has 4 aromatic rings. The van der Waals surface area contributed by atoms with E-state index in [4.69, 9.17) is 16.6 Å². The van der Waals surface area contributed by atoms with Crippen molar-refractivity contribution in [2.45, 2.75) is 62.8 Å². The first-order valence-corrected chi connectivity index (χ1v) is 14.6. The molecule has 0 saturated heterocycles. The van der Waals surface area contributed by atoms with Gasteiger partial charge in [-0.05, 0) is 56.2 Å². The maximum Gasteiger partial charge on any atom is 0.166 e. The molecule has 0 radical (unpaired) electrons. The van der Waals surface area contributed by atoms with Gasteiger partial charge in [-0.2, -0.15) is 0 Å². The number of halogens is 1. The molecule has 2 aromatic heterocycles. The summed E-state index contributed by atoms with van der Waals surface area (Å²) in [7, 11) is 0. The number of aliphatic hydroxyl groups is 1. The monoisotopic (exact) mass is 541 g/mol. The molecule has 8 heteroatoms. The van der Waals surface area contributed by atoms with Gasteiger partial charge >= 0.3 is 0 Å². The highest BCUT2D eigenvalue weighted by atomic mass is 35.5. The van der Waals surface area contributed by atoms with Crippen LogP contribution in [-0.4, -0.2) is 37.9 Å². The fourth-order valence-corrected chi connectivity index (χ4v) is 8.10. The topological polar surface area (TPSA) is 75.3 Å². The molecule has 1 aliphatic heterocycles. The van der Waals surface area contributed by atoms with Gasteiger partial charge in [0.2, 0.25) is 0 Å². The standard InChI is InChI=1S/C30H28ClN5OS/c1-16-34-35-29-30(11-12-30)33-26(19-9-5-6-10-22(19)31)25-21-13-18(14-24(21)38-28(25)36(16)29)27(37)32-23-15-20(23)17-7-3-2-4-8-17/h2-10,18,20,23,27,32,37H,11-15H2,1H3/t18-,20+,23-,27?/m0/s1. The van der Waals surface area contributed by atoms with Gasteiger partial charge in [0.1, 0.15) is 22.6 Å². The smallest absolute Gasteiger partial charge is 0.166 e. The molecule has 2 N–H and O–H groups in total. The zero-order chi connectivity index (χ0) is 25.6. The number of thiophene rings is 1. The van der Waals surface area contributed by atoms with Crippen LogP contribution in [0.25, 0.3) is 5.00 Å². The molecule has 4 atom stereocenters. The molecular weight excluding hydrogens is 514 g/mol. The van der Waals surface area contributed by atoms with Crippen LogP contribution in [0.15, 0.2) is 59.6 Å². The number of aryl methyl sites for hydroxylation is 1. The number of aliphatic imine (C=N–C) groups is 1. The molecular formula is C30H28ClN5OS. The number of aromatic nitrogens is 3. The van der Waals surface area contributed by atoms with E-state index in [0.717, 1.165) is 65.6 Å². The maximum atomic E-state index is 11.3. The fraction of sp³-hybridized carbons (Fsp3) is 0.367. The van der Waals surface area contributed by atoms with Gasteiger partial charge in [0.05, 0.1) is 5.71 Å². The summed E-state index contributed by atoms with van der Waals surface area (Å²) in [4.78, 5) is 6.73. The Kier molecular flexibility index (Phi) is 5.06. The van der Waals surface area contributed by atoms with Gasteiger partial charge in [-0.3, -0.25) is 14.9 Å². The molecule has 4 aliphatic rings. The first-order chi connectivity index (χ1) is 18.5. The van der Waals surface area contributed by atoms with Crippen LogP contribution in [0.4, 0.5) is 0 Å². The lowest BCUT2D eigenvalue weighted by molar-refractivity contribution is 0.0766. The minimum Gasteiger partial charge on any atom is -0.378 e. The quantitative estimate of drug-likeness (QED) is 0.336. The Morgan fingerprint density at radius 3 is 2.66 bits per heavy atom. The van der Waals surface area contributed by atoms with Crippen LogP contribution >= 0.6 is 22.9 Å². The summed E-state index contributed by atoms with van der Waals surface area (Å²) < 4.78 is 2.23. The highest BCUT2D eigenvalue weighted by Gasteiger charge is 2.52. The summed E-state index contributed by atoms with van der Waals surface area (Å²) in [5.41, 5.74) is 5.38. The number of rotatable bonds is 5. The van der Waals surface area contributed by atoms with Crippen LogP contribution in [0.1, 0.15) is 64.0 Å². The molecule has 8 rings (SSSR count). The molecule has 2 aromatic carbocycles. The van der Waals surface area contributed by atoms with Crippen molar-refractivity contribution in [3.63, 3.8) is 0 Å². The van der Waals surface area contributed by atoms with Crippen molar-refractivity contribution < 1.29 is 5.11 Å². The molecule has 3 aliphatic carbocycles. The largest absolute Gasteiger partial charge is 0.378 e. The number of fused-ring (bicyclic) bond motifs is 6. The molecule has 2 saturated carbocycles. The number of hydrogen-bond donors (Lipinski definition) is 2. The Morgan fingerprint density at radius 2 is 1.87 bits per heavy atom. The molecule has 192 valence electrons. The normalized spacial score (nSPS) is 24.8. The Hall–Kier alpha value is -2.84. The third-order valence-electron chi connectivity index (χ3n) is 8.69. The molecule has 0 bridgehead atoms. The van der Waals surface area contributed by atoms with Crippen molar-refractivity contribution in [2.24, 2.45) is 10.9 Å². The lowest BCUT2D eigenvalue weighted by atomic mass is 9.97. The Bertz CT molecular complexity index is 1600. The van der Waals surface area contributed by atoms with E-state index in [2.05, 4.69) is 56.5 Å². The van der Waals surface area contributed by atoms with Crippen molar-refractivity contribution in [2.75, 3.05) is 0 Å². The summed E-state index contributed by atoms with van der Waals surface area (Å²) in [6, 6.07) is 19.0. The van der Waals surface area contributed by atoms with Crippen molar-refractivity contribution in [1.82, 2.24) is 20.1 Å². The summed E-state index contributed by atoms with van der Waals surface area (Å²) in [5, 5.41) is 25.7. The van der Waals surface area contributed by atoms with Crippen molar-refractivity contribution in [1.29, 1.82) is 0 Å². The minimum atomic E-state index is -0.544. The number of hydrogen-bond acceptors (Lipinski definition) is 6. The average Bonchev–Trinajstić information content (AvgIpc) is 3.75. The zero-order valence-corrected chi connectivity index (χ0v) is 22.6. The number of nitrogens with one attached hydrogen (secondary N) is 1. The third kappa shape index (κ3) is 3.49. The molecule has 0 amide bonds. The van der Waals surface area contributed by atoms with Crippen LogP contribution in [0.3, 0.4) is 0 Å². The van der Waals surface area contributed by atoms with Crippen LogP contribution in [-0.2, 0) is 18.4 Å². The molecule has 1 spiro atoms. The lowest BCUT2D eigenvalue weighted by Crippen LogP contribution is -2.38. The first-order valence-electron chi connectivity index (χ1n) is 13.4. The predicted molar refractivity (Wildman–Crippen MR) is 150 cm³/mol. The Labute approximate surface area is 230 Å². The van der Waals surface area contributed by atoms with Gasteiger partial charge in [0, 0.05) is 38.9 Å². The van der Waals surface area contributed by atoms with E-state index in [0.29, 0.717) is 17.0 Å². The number of aliphatic hydroxyl groups excluding tert-OH is 1. The van der Waals surface area contributed by atoms with E-state index in [1.54, 1.807) is 11.3 Å². The molecule has 38 heavy (non-hydrogen) atoms. The molecule has 3 heterocycles. The van der Waals surface area contributed by atoms with E-state index in [-0.39, 0.29) is 11.5 Å². The minimum absolute atomic E-state index is 0.130. The number of nitrogens with zero attached hydrogens (tertiary/aromatic N) is 4. The van der Waals surface area contributed by atoms with E-state index in [1.807, 2.05) is 25.1 Å². The molecule has 1 unspecified atom stereocenters. The fourth-order valence-electron chi connectivity index (χ4n) is 6.41. The van der Waals surface area contributed by atoms with Crippen LogP contribution in [0, 0.1) is 12.8 Å². The van der Waals surface area contributed by atoms with Crippen LogP contribution in [0.5, 0.6) is 0 Å². The maximum absolute atomic E-state index is 11.3. The van der Waals surface area contributed by atoms with E-state index in [1.165, 1.54) is 16.0 Å². The summed E-state index contributed by atoms with van der Waals surface area (Å²) in [6.45, 7) is 2.02. The van der Waals surface area contributed by atoms with Gasteiger partial charge in [0.25, 0.3) is 0 Å². The third-order valence-corrected chi connectivity index (χ3v) is 10.3. The van der Waals surface area contributed by atoms with Crippen molar-refractivity contribution in [3.05, 3.63) is 98.4 Å². The zero-order valence-electron chi connectivity index (χ0n) is 21.1. The van der Waals surface area contributed by atoms with Gasteiger partial charge in [-0.1, -0.05) is 60.1 Å². The van der Waals surface area contributed by atoms with Gasteiger partial charge in [0.15, 0.2) is 5.82 Å². The first kappa shape index (κ1) is 23.1. The number of benzene rings is 2. The Morgan fingerprint density at radius 1 is 1.08 bits per heavy atom. The highest BCUT2D eigenvalue weighted by Crippen LogP contribution is 2.54. The second kappa shape index (κ2) is 8.33. The molecule has 2 fully saturated rings. The summed E-state index contributed by atoms with van der Waals surface area (Å²) in [6.07, 6.45) is 4.12. The van der Waals surface area contributed by atoms with Crippen LogP contribution < -0.4 is 5.32 Å². The summed E-state index contributed by atoms with van der Waals surface area (Å²) >= 11 is 8.58. The van der Waals surface area contributed by atoms with Crippen molar-refractivity contribution >= 4 is 28.6 Å². The summed E-state index contributed by atoms with van der Waals surface area (Å²) in [5.74, 6) is 2.45. The van der Waals surface area contributed by atoms with Gasteiger partial charge in [-0.15, -0.1) is 21.5 Å².